The molecule has 0 amide bonds. The van der Waals surface area contributed by atoms with Crippen molar-refractivity contribution in [3.63, 3.8) is 0 Å². The smallest absolute Gasteiger partial charge is 0.123 e. The SMILES string of the molecule is C/C(=C\CO)c1ccc2c(c1)C(C)(c1ccc3c(c1)C(C)(C)CCC3(C)C)CO2. The second-order valence-corrected chi connectivity index (χ2v) is 10.4. The molecule has 154 valence electrons. The molecule has 0 bridgehead atoms. The highest BCUT2D eigenvalue weighted by Crippen LogP contribution is 2.49. The minimum Gasteiger partial charge on any atom is -0.492 e. The van der Waals surface area contributed by atoms with Gasteiger partial charge >= 0.3 is 0 Å². The topological polar surface area (TPSA) is 29.5 Å². The van der Waals surface area contributed by atoms with Crippen molar-refractivity contribution in [2.24, 2.45) is 0 Å². The van der Waals surface area contributed by atoms with E-state index < -0.39 is 0 Å². The summed E-state index contributed by atoms with van der Waals surface area (Å²) in [7, 11) is 0. The second-order valence-electron chi connectivity index (χ2n) is 10.4. The number of rotatable bonds is 3. The fraction of sp³-hybridized carbons (Fsp3) is 0.481. The van der Waals surface area contributed by atoms with E-state index >= 15 is 0 Å². The Morgan fingerprint density at radius 2 is 1.62 bits per heavy atom. The first-order valence-electron chi connectivity index (χ1n) is 10.8. The lowest BCUT2D eigenvalue weighted by molar-refractivity contribution is 0.301. The van der Waals surface area contributed by atoms with Crippen LogP contribution in [0.4, 0.5) is 0 Å². The van der Waals surface area contributed by atoms with Crippen molar-refractivity contribution in [2.45, 2.75) is 70.6 Å². The summed E-state index contributed by atoms with van der Waals surface area (Å²) < 4.78 is 6.13. The number of benzene rings is 2. The standard InChI is InChI=1S/C27H34O2/c1-18(11-14-28)19-7-10-24-23(15-19)27(6,17-29-24)20-8-9-21-22(16-20)26(4,5)13-12-25(21,2)3/h7-11,15-16,28H,12-14,17H2,1-6H3/b18-11+. The largest absolute Gasteiger partial charge is 0.492 e. The van der Waals surface area contributed by atoms with Crippen molar-refractivity contribution in [1.82, 2.24) is 0 Å². The van der Waals surface area contributed by atoms with Crippen LogP contribution in [0.1, 0.15) is 82.2 Å². The molecule has 1 atom stereocenters. The molecule has 2 aromatic rings. The van der Waals surface area contributed by atoms with Crippen LogP contribution in [-0.2, 0) is 16.2 Å². The van der Waals surface area contributed by atoms with Gasteiger partial charge in [-0.3, -0.25) is 0 Å². The Balaban J connectivity index is 1.84. The summed E-state index contributed by atoms with van der Waals surface area (Å²) in [6.45, 7) is 14.6. The Morgan fingerprint density at radius 1 is 0.931 bits per heavy atom. The summed E-state index contributed by atoms with van der Waals surface area (Å²) in [5, 5.41) is 9.27. The number of hydrogen-bond acceptors (Lipinski definition) is 2. The Morgan fingerprint density at radius 3 is 2.31 bits per heavy atom. The van der Waals surface area contributed by atoms with Crippen LogP contribution in [0.2, 0.25) is 0 Å². The minimum atomic E-state index is -0.169. The third-order valence-electron chi connectivity index (χ3n) is 7.43. The Kier molecular flexibility index (Phi) is 4.70. The lowest BCUT2D eigenvalue weighted by Crippen LogP contribution is -2.35. The molecule has 0 aromatic heterocycles. The number of allylic oxidation sites excluding steroid dienone is 1. The molecule has 1 aliphatic carbocycles. The number of aliphatic hydroxyl groups excluding tert-OH is 1. The van der Waals surface area contributed by atoms with Crippen molar-refractivity contribution in [2.75, 3.05) is 13.2 Å². The van der Waals surface area contributed by atoms with Gasteiger partial charge in [0.25, 0.3) is 0 Å². The van der Waals surface area contributed by atoms with Crippen molar-refractivity contribution < 1.29 is 9.84 Å². The van der Waals surface area contributed by atoms with E-state index in [1.807, 2.05) is 6.08 Å². The van der Waals surface area contributed by atoms with E-state index in [0.29, 0.717) is 6.61 Å². The van der Waals surface area contributed by atoms with E-state index in [0.717, 1.165) is 16.9 Å². The van der Waals surface area contributed by atoms with Gasteiger partial charge in [-0.05, 0) is 77.5 Å². The summed E-state index contributed by atoms with van der Waals surface area (Å²) in [6.07, 6.45) is 4.31. The summed E-state index contributed by atoms with van der Waals surface area (Å²) in [5.74, 6) is 0.977. The zero-order valence-corrected chi connectivity index (χ0v) is 18.7. The molecule has 0 fully saturated rings. The number of hydrogen-bond donors (Lipinski definition) is 1. The predicted molar refractivity (Wildman–Crippen MR) is 121 cm³/mol. The van der Waals surface area contributed by atoms with E-state index in [-0.39, 0.29) is 22.9 Å². The molecular weight excluding hydrogens is 356 g/mol. The van der Waals surface area contributed by atoms with Crippen LogP contribution in [0.5, 0.6) is 5.75 Å². The van der Waals surface area contributed by atoms with Gasteiger partial charge in [0, 0.05) is 5.56 Å². The summed E-state index contributed by atoms with van der Waals surface area (Å²) >= 11 is 0. The Bertz CT molecular complexity index is 980. The Hall–Kier alpha value is -2.06. The van der Waals surface area contributed by atoms with Crippen molar-refractivity contribution >= 4 is 5.57 Å². The fourth-order valence-electron chi connectivity index (χ4n) is 5.06. The van der Waals surface area contributed by atoms with Crippen molar-refractivity contribution in [3.8, 4) is 5.75 Å². The molecule has 2 nitrogen and oxygen atoms in total. The molecular formula is C27H34O2. The van der Waals surface area contributed by atoms with Crippen molar-refractivity contribution in [1.29, 1.82) is 0 Å². The second kappa shape index (κ2) is 6.74. The average molecular weight is 391 g/mol. The monoisotopic (exact) mass is 390 g/mol. The fourth-order valence-corrected chi connectivity index (χ4v) is 5.06. The molecule has 2 aromatic carbocycles. The average Bonchev–Trinajstić information content (AvgIpc) is 3.03. The molecule has 0 saturated heterocycles. The van der Waals surface area contributed by atoms with Gasteiger partial charge < -0.3 is 9.84 Å². The highest BCUT2D eigenvalue weighted by atomic mass is 16.5. The maximum atomic E-state index is 9.27. The first-order chi connectivity index (χ1) is 13.6. The highest BCUT2D eigenvalue weighted by Gasteiger charge is 2.42. The zero-order chi connectivity index (χ0) is 21.0. The van der Waals surface area contributed by atoms with Crippen LogP contribution in [-0.4, -0.2) is 18.3 Å². The van der Waals surface area contributed by atoms with E-state index in [4.69, 9.17) is 4.74 Å². The zero-order valence-electron chi connectivity index (χ0n) is 18.7. The molecule has 0 radical (unpaired) electrons. The van der Waals surface area contributed by atoms with E-state index in [9.17, 15) is 5.11 Å². The lowest BCUT2D eigenvalue weighted by atomic mass is 9.62. The Labute approximate surface area is 175 Å². The first-order valence-corrected chi connectivity index (χ1v) is 10.8. The van der Waals surface area contributed by atoms with Crippen LogP contribution in [0, 0.1) is 0 Å². The van der Waals surface area contributed by atoms with E-state index in [1.165, 1.54) is 35.1 Å². The first kappa shape index (κ1) is 20.2. The van der Waals surface area contributed by atoms with Crippen LogP contribution >= 0.6 is 0 Å². The van der Waals surface area contributed by atoms with Crippen LogP contribution in [0.25, 0.3) is 5.57 Å². The van der Waals surface area contributed by atoms with Gasteiger partial charge in [-0.1, -0.05) is 58.0 Å². The molecule has 4 rings (SSSR count). The quantitative estimate of drug-likeness (QED) is 0.683. The molecule has 0 spiro atoms. The maximum absolute atomic E-state index is 9.27. The minimum absolute atomic E-state index is 0.0619. The molecule has 1 N–H and O–H groups in total. The van der Waals surface area contributed by atoms with Gasteiger partial charge in [-0.25, -0.2) is 0 Å². The maximum Gasteiger partial charge on any atom is 0.123 e. The molecule has 2 heteroatoms. The molecule has 1 heterocycles. The van der Waals surface area contributed by atoms with Gasteiger partial charge in [-0.2, -0.15) is 0 Å². The normalized spacial score (nSPS) is 24.6. The third-order valence-corrected chi connectivity index (χ3v) is 7.43. The van der Waals surface area contributed by atoms with Gasteiger partial charge in [-0.15, -0.1) is 0 Å². The van der Waals surface area contributed by atoms with Gasteiger partial charge in [0.15, 0.2) is 0 Å². The van der Waals surface area contributed by atoms with Crippen LogP contribution in [0.3, 0.4) is 0 Å². The molecule has 2 aliphatic rings. The van der Waals surface area contributed by atoms with Gasteiger partial charge in [0.05, 0.1) is 12.0 Å². The lowest BCUT2D eigenvalue weighted by Gasteiger charge is -2.42. The van der Waals surface area contributed by atoms with Gasteiger partial charge in [0.2, 0.25) is 0 Å². The summed E-state index contributed by atoms with van der Waals surface area (Å²) in [6, 6.07) is 13.6. The predicted octanol–water partition coefficient (Wildman–Crippen LogP) is 6.13. The van der Waals surface area contributed by atoms with Crippen molar-refractivity contribution in [3.05, 3.63) is 70.3 Å². The molecule has 0 saturated carbocycles. The van der Waals surface area contributed by atoms with Crippen LogP contribution < -0.4 is 4.74 Å². The molecule has 1 aliphatic heterocycles. The summed E-state index contributed by atoms with van der Waals surface area (Å²) in [5.41, 5.74) is 8.07. The molecule has 1 unspecified atom stereocenters. The third kappa shape index (κ3) is 3.22. The number of fused-ring (bicyclic) bond motifs is 2. The van der Waals surface area contributed by atoms with Gasteiger partial charge in [0.1, 0.15) is 12.4 Å². The number of ether oxygens (including phenoxy) is 1. The highest BCUT2D eigenvalue weighted by molar-refractivity contribution is 5.67. The van der Waals surface area contributed by atoms with E-state index in [1.54, 1.807) is 0 Å². The molecule has 29 heavy (non-hydrogen) atoms. The van der Waals surface area contributed by atoms with Crippen LogP contribution in [0.15, 0.2) is 42.5 Å². The number of aliphatic hydroxyl groups is 1. The van der Waals surface area contributed by atoms with E-state index in [2.05, 4.69) is 77.9 Å². The summed E-state index contributed by atoms with van der Waals surface area (Å²) in [4.78, 5) is 0.